The molecule has 2 aliphatic rings. The maximum atomic E-state index is 9.29. The summed E-state index contributed by atoms with van der Waals surface area (Å²) >= 11 is 6.46. The van der Waals surface area contributed by atoms with Crippen molar-refractivity contribution in [2.24, 2.45) is 0 Å². The van der Waals surface area contributed by atoms with Crippen LogP contribution >= 0.6 is 20.8 Å². The summed E-state index contributed by atoms with van der Waals surface area (Å²) < 4.78 is 6.34. The molecule has 0 amide bonds. The van der Waals surface area contributed by atoms with E-state index in [0.29, 0.717) is 25.1 Å². The lowest BCUT2D eigenvalue weighted by molar-refractivity contribution is 0.170. The number of rotatable bonds is 12. The van der Waals surface area contributed by atoms with Crippen LogP contribution in [0.15, 0.2) is 24.3 Å². The van der Waals surface area contributed by atoms with Crippen LogP contribution in [0.25, 0.3) is 0 Å². The molecule has 3 heterocycles. The Morgan fingerprint density at radius 2 is 2.08 bits per heavy atom. The van der Waals surface area contributed by atoms with Crippen LogP contribution in [0.2, 0.25) is 5.02 Å². The van der Waals surface area contributed by atoms with E-state index in [0.717, 1.165) is 86.9 Å². The van der Waals surface area contributed by atoms with Gasteiger partial charge in [0.1, 0.15) is 12.4 Å². The lowest BCUT2D eigenvalue weighted by Crippen LogP contribution is -2.51. The molecule has 1 aromatic heterocycles. The Labute approximate surface area is 235 Å². The summed E-state index contributed by atoms with van der Waals surface area (Å²) in [5, 5.41) is 13.6. The SMILES string of the molecule is CCCc1c(C(P)CCc2ccccc2Cl)nc(OCC2CCCN2CC)nc1N1CCNC(CC#N)C1. The molecule has 2 fully saturated rings. The molecule has 0 saturated carbocycles. The minimum Gasteiger partial charge on any atom is -0.462 e. The second-order valence-corrected chi connectivity index (χ2v) is 11.6. The van der Waals surface area contributed by atoms with Gasteiger partial charge >= 0.3 is 6.01 Å². The summed E-state index contributed by atoms with van der Waals surface area (Å²) in [6.07, 6.45) is 6.55. The van der Waals surface area contributed by atoms with Crippen LogP contribution < -0.4 is 15.0 Å². The van der Waals surface area contributed by atoms with Crippen LogP contribution in [-0.4, -0.2) is 66.3 Å². The molecule has 9 heteroatoms. The Bertz CT molecular complexity index is 1100. The second kappa shape index (κ2) is 14.4. The van der Waals surface area contributed by atoms with Crippen LogP contribution in [0.1, 0.15) is 68.4 Å². The number of anilines is 1. The van der Waals surface area contributed by atoms with Crippen molar-refractivity contribution >= 4 is 26.7 Å². The van der Waals surface area contributed by atoms with Gasteiger partial charge in [-0.05, 0) is 56.8 Å². The van der Waals surface area contributed by atoms with Crippen molar-refractivity contribution in [2.75, 3.05) is 44.2 Å². The molecule has 0 aliphatic carbocycles. The number of benzene rings is 1. The Kier molecular flexibility index (Phi) is 11.0. The van der Waals surface area contributed by atoms with Crippen LogP contribution in [0.3, 0.4) is 0 Å². The van der Waals surface area contributed by atoms with Crippen molar-refractivity contribution in [2.45, 2.75) is 76.5 Å². The molecule has 1 aromatic carbocycles. The fourth-order valence-corrected chi connectivity index (χ4v) is 6.35. The minimum atomic E-state index is 0.134. The van der Waals surface area contributed by atoms with Gasteiger partial charge in [0, 0.05) is 48.0 Å². The summed E-state index contributed by atoms with van der Waals surface area (Å²) in [4.78, 5) is 14.9. The van der Waals surface area contributed by atoms with E-state index in [1.54, 1.807) is 0 Å². The van der Waals surface area contributed by atoms with Gasteiger partial charge in [0.25, 0.3) is 0 Å². The zero-order valence-electron chi connectivity index (χ0n) is 22.8. The third kappa shape index (κ3) is 7.36. The van der Waals surface area contributed by atoms with Crippen molar-refractivity contribution in [1.29, 1.82) is 5.26 Å². The van der Waals surface area contributed by atoms with Gasteiger partial charge in [-0.3, -0.25) is 4.90 Å². The Balaban J connectivity index is 1.63. The summed E-state index contributed by atoms with van der Waals surface area (Å²) in [6.45, 7) is 9.64. The lowest BCUT2D eigenvalue weighted by atomic mass is 10.0. The van der Waals surface area contributed by atoms with Crippen LogP contribution in [0.5, 0.6) is 6.01 Å². The van der Waals surface area contributed by atoms with Gasteiger partial charge in [-0.25, -0.2) is 0 Å². The number of nitriles is 1. The van der Waals surface area contributed by atoms with Gasteiger partial charge in [-0.1, -0.05) is 50.1 Å². The first-order valence-corrected chi connectivity index (χ1v) is 15.2. The van der Waals surface area contributed by atoms with E-state index < -0.39 is 0 Å². The molecule has 7 nitrogen and oxygen atoms in total. The van der Waals surface area contributed by atoms with Gasteiger partial charge in [0.15, 0.2) is 0 Å². The molecule has 0 spiro atoms. The van der Waals surface area contributed by atoms with E-state index in [4.69, 9.17) is 26.3 Å². The number of nitrogens with zero attached hydrogens (tertiary/aromatic N) is 5. The highest BCUT2D eigenvalue weighted by molar-refractivity contribution is 7.17. The standard InChI is InChI=1S/C29H42ClN6OP/c1-3-8-24-27(26(38)13-12-21-9-5-6-11-25(21)30)33-29(37-20-23-10-7-17-35(23)4-2)34-28(24)36-18-16-32-22(19-36)14-15-31/h5-6,9,11,22-23,26,32H,3-4,7-8,10,12-14,16-20,38H2,1-2H3. The minimum absolute atomic E-state index is 0.134. The third-order valence-corrected chi connectivity index (χ3v) is 8.75. The number of aromatic nitrogens is 2. The lowest BCUT2D eigenvalue weighted by Gasteiger charge is -2.35. The molecule has 38 heavy (non-hydrogen) atoms. The Morgan fingerprint density at radius 3 is 2.84 bits per heavy atom. The van der Waals surface area contributed by atoms with Crippen LogP contribution in [-0.2, 0) is 12.8 Å². The van der Waals surface area contributed by atoms with Crippen molar-refractivity contribution in [3.63, 3.8) is 0 Å². The molecule has 0 radical (unpaired) electrons. The fraction of sp³-hybridized carbons (Fsp3) is 0.621. The molecule has 206 valence electrons. The number of piperazine rings is 1. The third-order valence-electron chi connectivity index (χ3n) is 7.73. The van der Waals surface area contributed by atoms with Crippen molar-refractivity contribution in [3.05, 3.63) is 46.1 Å². The van der Waals surface area contributed by atoms with Crippen LogP contribution in [0.4, 0.5) is 5.82 Å². The summed E-state index contributed by atoms with van der Waals surface area (Å²) in [6, 6.07) is 11.4. The first-order chi connectivity index (χ1) is 18.5. The Hall–Kier alpha value is -1.97. The number of halogens is 1. The highest BCUT2D eigenvalue weighted by Gasteiger charge is 2.28. The maximum Gasteiger partial charge on any atom is 0.318 e. The number of aryl methyl sites for hydroxylation is 1. The summed E-state index contributed by atoms with van der Waals surface area (Å²) in [7, 11) is 3.03. The molecular formula is C29H42ClN6OP. The molecule has 2 saturated heterocycles. The van der Waals surface area contributed by atoms with Gasteiger partial charge < -0.3 is 15.0 Å². The van der Waals surface area contributed by atoms with E-state index >= 15 is 0 Å². The van der Waals surface area contributed by atoms with Crippen molar-refractivity contribution in [3.8, 4) is 12.1 Å². The first kappa shape index (κ1) is 29.0. The number of hydrogen-bond acceptors (Lipinski definition) is 7. The van der Waals surface area contributed by atoms with E-state index in [9.17, 15) is 5.26 Å². The molecule has 2 aromatic rings. The predicted octanol–water partition coefficient (Wildman–Crippen LogP) is 5.19. The van der Waals surface area contributed by atoms with E-state index in [1.165, 1.54) is 12.0 Å². The van der Waals surface area contributed by atoms with Gasteiger partial charge in [0.2, 0.25) is 0 Å². The molecule has 4 atom stereocenters. The summed E-state index contributed by atoms with van der Waals surface area (Å²) in [5.74, 6) is 0.972. The van der Waals surface area contributed by atoms with Crippen molar-refractivity contribution in [1.82, 2.24) is 20.2 Å². The number of ether oxygens (including phenoxy) is 1. The molecule has 1 N–H and O–H groups in total. The van der Waals surface area contributed by atoms with Crippen LogP contribution in [0, 0.1) is 11.3 Å². The predicted molar refractivity (Wildman–Crippen MR) is 158 cm³/mol. The first-order valence-electron chi connectivity index (χ1n) is 14.2. The monoisotopic (exact) mass is 556 g/mol. The largest absolute Gasteiger partial charge is 0.462 e. The normalized spacial score (nSPS) is 20.9. The van der Waals surface area contributed by atoms with E-state index in [2.05, 4.69) is 50.3 Å². The average molecular weight is 557 g/mol. The Morgan fingerprint density at radius 1 is 1.24 bits per heavy atom. The van der Waals surface area contributed by atoms with Gasteiger partial charge in [-0.15, -0.1) is 9.24 Å². The average Bonchev–Trinajstić information content (AvgIpc) is 3.40. The van der Waals surface area contributed by atoms with Gasteiger partial charge in [0.05, 0.1) is 18.2 Å². The quantitative estimate of drug-likeness (QED) is 0.361. The molecule has 4 unspecified atom stereocenters. The maximum absolute atomic E-state index is 9.29. The topological polar surface area (TPSA) is 77.3 Å². The van der Waals surface area contributed by atoms with E-state index in [-0.39, 0.29) is 11.7 Å². The second-order valence-electron chi connectivity index (χ2n) is 10.4. The smallest absolute Gasteiger partial charge is 0.318 e. The molecule has 0 bridgehead atoms. The van der Waals surface area contributed by atoms with E-state index in [1.807, 2.05) is 18.2 Å². The zero-order valence-corrected chi connectivity index (χ0v) is 24.7. The van der Waals surface area contributed by atoms with Gasteiger partial charge in [-0.2, -0.15) is 15.2 Å². The highest BCUT2D eigenvalue weighted by atomic mass is 35.5. The number of likely N-dealkylation sites (tertiary alicyclic amines) is 1. The number of hydrogen-bond donors (Lipinski definition) is 1. The summed E-state index contributed by atoms with van der Waals surface area (Å²) in [5.41, 5.74) is 3.56. The van der Waals surface area contributed by atoms with Crippen molar-refractivity contribution < 1.29 is 4.74 Å². The number of likely N-dealkylation sites (N-methyl/N-ethyl adjacent to an activating group) is 1. The molecule has 2 aliphatic heterocycles. The zero-order chi connectivity index (χ0) is 26.9. The highest BCUT2D eigenvalue weighted by Crippen LogP contribution is 2.36. The number of nitrogens with one attached hydrogen (secondary N) is 1. The molecular weight excluding hydrogens is 515 g/mol. The fourth-order valence-electron chi connectivity index (χ4n) is 5.68. The molecule has 4 rings (SSSR count).